The number of ketones is 1. The number of aliphatic hydroxyl groups is 1. The van der Waals surface area contributed by atoms with Gasteiger partial charge in [-0.05, 0) is 72.8 Å². The molecule has 2 heterocycles. The lowest BCUT2D eigenvalue weighted by atomic mass is 9.96. The molecule has 1 amide bonds. The van der Waals surface area contributed by atoms with E-state index in [0.717, 1.165) is 10.4 Å². The summed E-state index contributed by atoms with van der Waals surface area (Å²) in [5.74, 6) is -1.80. The Morgan fingerprint density at radius 2 is 1.87 bits per heavy atom. The van der Waals surface area contributed by atoms with Crippen molar-refractivity contribution >= 4 is 34.5 Å². The second-order valence-corrected chi connectivity index (χ2v) is 8.25. The summed E-state index contributed by atoms with van der Waals surface area (Å²) in [4.78, 5) is 28.2. The average molecular weight is 437 g/mol. The number of carbonyl (C=O) groups is 2. The Kier molecular flexibility index (Phi) is 5.37. The van der Waals surface area contributed by atoms with Gasteiger partial charge in [-0.25, -0.2) is 4.39 Å². The van der Waals surface area contributed by atoms with Crippen LogP contribution in [-0.2, 0) is 9.59 Å². The number of Topliss-reactive ketones (excluding diaryl/α,β-unsaturated/α-hetero) is 1. The number of hydrogen-bond donors (Lipinski definition) is 1. The summed E-state index contributed by atoms with van der Waals surface area (Å²) in [6.07, 6.45) is 0. The van der Waals surface area contributed by atoms with E-state index in [1.165, 1.54) is 34.4 Å². The zero-order valence-corrected chi connectivity index (χ0v) is 18.0. The Balaban J connectivity index is 1.96. The van der Waals surface area contributed by atoms with Gasteiger partial charge < -0.3 is 9.84 Å². The molecule has 0 spiro atoms. The molecular weight excluding hydrogens is 417 g/mol. The number of methoxy groups -OCH3 is 1. The fourth-order valence-corrected chi connectivity index (χ4v) is 4.84. The van der Waals surface area contributed by atoms with E-state index in [0.29, 0.717) is 16.9 Å². The molecule has 3 aromatic rings. The molecule has 2 aromatic carbocycles. The highest BCUT2D eigenvalue weighted by atomic mass is 32.1. The molecule has 1 atom stereocenters. The molecule has 31 heavy (non-hydrogen) atoms. The lowest BCUT2D eigenvalue weighted by Gasteiger charge is -2.25. The first-order valence-electron chi connectivity index (χ1n) is 9.59. The summed E-state index contributed by atoms with van der Waals surface area (Å²) >= 11 is 1.37. The first kappa shape index (κ1) is 20.8. The van der Waals surface area contributed by atoms with Crippen molar-refractivity contribution in [2.24, 2.45) is 0 Å². The normalized spacial score (nSPS) is 17.9. The molecule has 0 saturated carbocycles. The van der Waals surface area contributed by atoms with E-state index in [4.69, 9.17) is 4.74 Å². The van der Waals surface area contributed by atoms with Crippen LogP contribution in [0.3, 0.4) is 0 Å². The van der Waals surface area contributed by atoms with E-state index in [-0.39, 0.29) is 17.0 Å². The van der Waals surface area contributed by atoms with E-state index < -0.39 is 23.5 Å². The number of benzene rings is 2. The van der Waals surface area contributed by atoms with Crippen molar-refractivity contribution in [3.8, 4) is 5.75 Å². The number of ether oxygens (including phenoxy) is 1. The summed E-state index contributed by atoms with van der Waals surface area (Å²) in [7, 11) is 1.54. The van der Waals surface area contributed by atoms with Crippen LogP contribution in [0.5, 0.6) is 5.75 Å². The van der Waals surface area contributed by atoms with E-state index in [9.17, 15) is 19.1 Å². The highest BCUT2D eigenvalue weighted by Crippen LogP contribution is 2.45. The van der Waals surface area contributed by atoms with E-state index in [1.54, 1.807) is 38.3 Å². The Morgan fingerprint density at radius 3 is 2.48 bits per heavy atom. The predicted octanol–water partition coefficient (Wildman–Crippen LogP) is 5.14. The number of hydrogen-bond acceptors (Lipinski definition) is 5. The van der Waals surface area contributed by atoms with Gasteiger partial charge in [0, 0.05) is 16.1 Å². The van der Waals surface area contributed by atoms with Gasteiger partial charge in [-0.2, -0.15) is 0 Å². The number of aryl methyl sites for hydroxylation is 2. The molecule has 4 rings (SSSR count). The monoisotopic (exact) mass is 437 g/mol. The highest BCUT2D eigenvalue weighted by Gasteiger charge is 2.48. The Labute approximate surface area is 183 Å². The van der Waals surface area contributed by atoms with Crippen LogP contribution in [0.4, 0.5) is 10.1 Å². The minimum absolute atomic E-state index is 0.0203. The number of halogens is 1. The van der Waals surface area contributed by atoms with Crippen molar-refractivity contribution in [3.63, 3.8) is 0 Å². The molecule has 0 aliphatic carbocycles. The maximum atomic E-state index is 13.9. The zero-order chi connectivity index (χ0) is 22.3. The van der Waals surface area contributed by atoms with Crippen molar-refractivity contribution in [2.75, 3.05) is 12.0 Å². The molecule has 1 fully saturated rings. The maximum absolute atomic E-state index is 13.9. The van der Waals surface area contributed by atoms with Gasteiger partial charge in [0.05, 0.1) is 12.7 Å². The van der Waals surface area contributed by atoms with Crippen molar-refractivity contribution in [1.29, 1.82) is 0 Å². The highest BCUT2D eigenvalue weighted by molar-refractivity contribution is 7.10. The van der Waals surface area contributed by atoms with Crippen molar-refractivity contribution in [2.45, 2.75) is 19.9 Å². The van der Waals surface area contributed by atoms with Crippen LogP contribution in [0.15, 0.2) is 59.5 Å². The minimum Gasteiger partial charge on any atom is -0.507 e. The summed E-state index contributed by atoms with van der Waals surface area (Å²) in [5.41, 5.74) is 2.22. The first-order chi connectivity index (χ1) is 14.8. The summed E-state index contributed by atoms with van der Waals surface area (Å²) in [5, 5.41) is 13.1. The van der Waals surface area contributed by atoms with Crippen LogP contribution >= 0.6 is 11.3 Å². The van der Waals surface area contributed by atoms with E-state index >= 15 is 0 Å². The summed E-state index contributed by atoms with van der Waals surface area (Å²) < 4.78 is 19.2. The van der Waals surface area contributed by atoms with Crippen LogP contribution in [0.25, 0.3) is 5.76 Å². The van der Waals surface area contributed by atoms with Gasteiger partial charge in [-0.15, -0.1) is 11.3 Å². The molecule has 1 aliphatic heterocycles. The molecule has 1 aromatic heterocycles. The van der Waals surface area contributed by atoms with Gasteiger partial charge >= 0.3 is 0 Å². The molecule has 1 N–H and O–H groups in total. The van der Waals surface area contributed by atoms with E-state index in [2.05, 4.69) is 0 Å². The van der Waals surface area contributed by atoms with E-state index in [1.807, 2.05) is 18.4 Å². The van der Waals surface area contributed by atoms with Crippen LogP contribution in [0.1, 0.15) is 27.6 Å². The fourth-order valence-electron chi connectivity index (χ4n) is 3.81. The number of thiophene rings is 1. The Hall–Kier alpha value is -3.45. The third-order valence-electron chi connectivity index (χ3n) is 5.37. The number of carbonyl (C=O) groups excluding carboxylic acids is 2. The third-order valence-corrected chi connectivity index (χ3v) is 6.44. The lowest BCUT2D eigenvalue weighted by molar-refractivity contribution is -0.132. The molecule has 5 nitrogen and oxygen atoms in total. The van der Waals surface area contributed by atoms with Gasteiger partial charge in [-0.1, -0.05) is 6.07 Å². The minimum atomic E-state index is -0.858. The molecule has 1 unspecified atom stereocenters. The lowest BCUT2D eigenvalue weighted by Crippen LogP contribution is -2.29. The van der Waals surface area contributed by atoms with Crippen LogP contribution in [-0.4, -0.2) is 23.9 Å². The second-order valence-electron chi connectivity index (χ2n) is 7.30. The number of aliphatic hydroxyl groups excluding tert-OH is 1. The Bertz CT molecular complexity index is 1230. The van der Waals surface area contributed by atoms with Gasteiger partial charge in [0.25, 0.3) is 11.7 Å². The van der Waals surface area contributed by atoms with Crippen LogP contribution in [0, 0.1) is 19.7 Å². The zero-order valence-electron chi connectivity index (χ0n) is 17.2. The molecule has 1 saturated heterocycles. The standard InChI is InChI=1S/C24H20FNO4S/c1-13-9-10-31-23(13)20-19(21(27)18-8-7-17(30-3)11-14(18)2)22(28)24(29)26(20)16-6-4-5-15(25)12-16/h4-12,20,27H,1-3H3/b21-19+. The Morgan fingerprint density at radius 1 is 1.10 bits per heavy atom. The molecule has 158 valence electrons. The number of amides is 1. The smallest absolute Gasteiger partial charge is 0.300 e. The quantitative estimate of drug-likeness (QED) is 0.349. The van der Waals surface area contributed by atoms with Gasteiger partial charge in [0.1, 0.15) is 23.4 Å². The maximum Gasteiger partial charge on any atom is 0.300 e. The van der Waals surface area contributed by atoms with Gasteiger partial charge in [0.15, 0.2) is 0 Å². The fraction of sp³-hybridized carbons (Fsp3) is 0.167. The molecule has 1 aliphatic rings. The van der Waals surface area contributed by atoms with Gasteiger partial charge in [0.2, 0.25) is 0 Å². The largest absolute Gasteiger partial charge is 0.507 e. The van der Waals surface area contributed by atoms with Crippen molar-refractivity contribution < 1.29 is 23.8 Å². The number of anilines is 1. The summed E-state index contributed by atoms with van der Waals surface area (Å²) in [6.45, 7) is 3.65. The van der Waals surface area contributed by atoms with Crippen molar-refractivity contribution in [1.82, 2.24) is 0 Å². The van der Waals surface area contributed by atoms with Crippen LogP contribution in [0.2, 0.25) is 0 Å². The molecular formula is C24H20FNO4S. The molecule has 7 heteroatoms. The van der Waals surface area contributed by atoms with Gasteiger partial charge in [-0.3, -0.25) is 14.5 Å². The number of nitrogens with zero attached hydrogens (tertiary/aromatic N) is 1. The van der Waals surface area contributed by atoms with Crippen molar-refractivity contribution in [3.05, 3.63) is 86.9 Å². The topological polar surface area (TPSA) is 66.8 Å². The summed E-state index contributed by atoms with van der Waals surface area (Å²) in [6, 6.07) is 11.6. The third kappa shape index (κ3) is 3.51. The molecule has 0 radical (unpaired) electrons. The first-order valence-corrected chi connectivity index (χ1v) is 10.5. The number of rotatable bonds is 4. The van der Waals surface area contributed by atoms with Crippen LogP contribution < -0.4 is 9.64 Å². The SMILES string of the molecule is COc1ccc(/C(O)=C2\C(=O)C(=O)N(c3cccc(F)c3)C2c2sccc2C)c(C)c1. The second kappa shape index (κ2) is 8.00. The molecule has 0 bridgehead atoms. The average Bonchev–Trinajstić information content (AvgIpc) is 3.28. The predicted molar refractivity (Wildman–Crippen MR) is 118 cm³/mol.